The van der Waals surface area contributed by atoms with E-state index in [2.05, 4.69) is 15.7 Å². The summed E-state index contributed by atoms with van der Waals surface area (Å²) in [6.45, 7) is 0. The number of carbonyl (C=O) groups is 1. The summed E-state index contributed by atoms with van der Waals surface area (Å²) in [6, 6.07) is 0.737. The van der Waals surface area contributed by atoms with Gasteiger partial charge in [-0.05, 0) is 12.8 Å². The van der Waals surface area contributed by atoms with E-state index in [1.807, 2.05) is 11.8 Å². The summed E-state index contributed by atoms with van der Waals surface area (Å²) in [5.41, 5.74) is 7.81. The van der Waals surface area contributed by atoms with Crippen molar-refractivity contribution in [3.05, 3.63) is 0 Å². The molecule has 0 spiro atoms. The lowest BCUT2D eigenvalue weighted by atomic mass is 10.0. The van der Waals surface area contributed by atoms with Gasteiger partial charge in [0.15, 0.2) is 5.96 Å². The first-order valence-electron chi connectivity index (χ1n) is 5.91. The van der Waals surface area contributed by atoms with Gasteiger partial charge in [0.25, 0.3) is 0 Å². The zero-order valence-electron chi connectivity index (χ0n) is 9.69. The van der Waals surface area contributed by atoms with E-state index in [1.54, 1.807) is 0 Å². The molecule has 2 heterocycles. The molecule has 17 heavy (non-hydrogen) atoms. The van der Waals surface area contributed by atoms with E-state index >= 15 is 0 Å². The minimum absolute atomic E-state index is 0.0910. The van der Waals surface area contributed by atoms with Gasteiger partial charge in [-0.2, -0.15) is 11.8 Å². The van der Waals surface area contributed by atoms with E-state index in [1.165, 1.54) is 0 Å². The van der Waals surface area contributed by atoms with Gasteiger partial charge in [0.2, 0.25) is 5.91 Å². The molecule has 6 N–H and O–H groups in total. The first-order valence-corrected chi connectivity index (χ1v) is 6.96. The highest BCUT2D eigenvalue weighted by Gasteiger charge is 2.39. The topological polar surface area (TPSA) is 106 Å². The largest absolute Gasteiger partial charge is 0.370 e. The van der Waals surface area contributed by atoms with E-state index in [0.717, 1.165) is 25.0 Å². The molecule has 2 aliphatic heterocycles. The quantitative estimate of drug-likeness (QED) is 0.226. The number of thioether (sulfide) groups is 1. The van der Waals surface area contributed by atoms with Gasteiger partial charge in [-0.25, -0.2) is 10.8 Å². The zero-order chi connectivity index (χ0) is 12.3. The Labute approximate surface area is 105 Å². The normalized spacial score (nSPS) is 30.6. The van der Waals surface area contributed by atoms with E-state index in [-0.39, 0.29) is 5.91 Å². The minimum atomic E-state index is -0.0910. The maximum Gasteiger partial charge on any atom is 0.233 e. The fourth-order valence-electron chi connectivity index (χ4n) is 2.33. The number of aliphatic imine (C=N–C) groups is 1. The average Bonchev–Trinajstić information content (AvgIpc) is 2.84. The van der Waals surface area contributed by atoms with E-state index in [0.29, 0.717) is 29.7 Å². The van der Waals surface area contributed by atoms with Crippen molar-refractivity contribution in [2.24, 2.45) is 16.6 Å². The number of rotatable bonds is 5. The molecule has 1 fully saturated rings. The van der Waals surface area contributed by atoms with Crippen LogP contribution in [0.5, 0.6) is 0 Å². The molecular formula is C10H19N5OS. The van der Waals surface area contributed by atoms with Gasteiger partial charge in [0, 0.05) is 17.4 Å². The second-order valence-corrected chi connectivity index (χ2v) is 5.71. The number of carbonyl (C=O) groups excluding carboxylic acids is 1. The molecule has 2 rings (SSSR count). The molecule has 0 unspecified atom stereocenters. The summed E-state index contributed by atoms with van der Waals surface area (Å²) < 4.78 is 0. The third kappa shape index (κ3) is 3.04. The van der Waals surface area contributed by atoms with Crippen molar-refractivity contribution in [3.63, 3.8) is 0 Å². The number of guanidine groups is 1. The molecule has 0 aromatic rings. The lowest BCUT2D eigenvalue weighted by Gasteiger charge is -2.14. The predicted molar refractivity (Wildman–Crippen MR) is 69.4 cm³/mol. The summed E-state index contributed by atoms with van der Waals surface area (Å²) >= 11 is 1.95. The molecule has 6 nitrogen and oxygen atoms in total. The van der Waals surface area contributed by atoms with Crippen LogP contribution in [0.2, 0.25) is 0 Å². The summed E-state index contributed by atoms with van der Waals surface area (Å²) in [5.74, 6) is 6.58. The number of hydrogen-bond acceptors (Lipinski definition) is 6. The summed E-state index contributed by atoms with van der Waals surface area (Å²) in [5, 5.41) is 3.73. The highest BCUT2D eigenvalue weighted by molar-refractivity contribution is 8.00. The molecule has 0 radical (unpaired) electrons. The Bertz CT molecular complexity index is 322. The average molecular weight is 257 g/mol. The summed E-state index contributed by atoms with van der Waals surface area (Å²) in [7, 11) is 0. The molecule has 0 saturated carbocycles. The molecule has 1 saturated heterocycles. The maximum atomic E-state index is 10.9. The second-order valence-electron chi connectivity index (χ2n) is 4.44. The Hall–Kier alpha value is -0.950. The zero-order valence-corrected chi connectivity index (χ0v) is 10.5. The fraction of sp³-hybridized carbons (Fsp3) is 0.800. The van der Waals surface area contributed by atoms with Crippen LogP contribution in [0.1, 0.15) is 25.7 Å². The number of nitrogens with two attached hydrogens (primary N) is 2. The number of amides is 1. The highest BCUT2D eigenvalue weighted by Crippen LogP contribution is 2.35. The second kappa shape index (κ2) is 5.59. The standard InChI is InChI=1S/C10H19N5OS/c11-10-13-6-5-17-7(9(6)14-10)3-1-2-4-8(16)15-12/h6-7,9H,1-5,12H2,(H,15,16)(H3,11,13,14)/t6-,7-,9+/m0/s1. The Kier molecular flexibility index (Phi) is 4.11. The van der Waals surface area contributed by atoms with Crippen LogP contribution in [-0.4, -0.2) is 35.0 Å². The van der Waals surface area contributed by atoms with Gasteiger partial charge in [0.1, 0.15) is 0 Å². The van der Waals surface area contributed by atoms with E-state index in [9.17, 15) is 4.79 Å². The monoisotopic (exact) mass is 257 g/mol. The van der Waals surface area contributed by atoms with Crippen molar-refractivity contribution < 1.29 is 4.79 Å². The molecule has 96 valence electrons. The molecule has 7 heteroatoms. The lowest BCUT2D eigenvalue weighted by molar-refractivity contribution is -0.121. The van der Waals surface area contributed by atoms with Gasteiger partial charge >= 0.3 is 0 Å². The third-order valence-corrected chi connectivity index (χ3v) is 4.70. The maximum absolute atomic E-state index is 10.9. The van der Waals surface area contributed by atoms with Crippen molar-refractivity contribution in [1.29, 1.82) is 0 Å². The molecule has 0 aromatic carbocycles. The van der Waals surface area contributed by atoms with Gasteiger partial charge in [-0.15, -0.1) is 0 Å². The number of unbranched alkanes of at least 4 members (excludes halogenated alkanes) is 1. The number of nitrogens with zero attached hydrogens (tertiary/aromatic N) is 1. The van der Waals surface area contributed by atoms with Crippen molar-refractivity contribution >= 4 is 23.6 Å². The number of hydrogen-bond donors (Lipinski definition) is 4. The number of nitrogens with one attached hydrogen (secondary N) is 2. The van der Waals surface area contributed by atoms with Crippen LogP contribution in [0.25, 0.3) is 0 Å². The van der Waals surface area contributed by atoms with Crippen molar-refractivity contribution in [2.45, 2.75) is 43.0 Å². The number of fused-ring (bicyclic) bond motifs is 1. The molecule has 0 aromatic heterocycles. The van der Waals surface area contributed by atoms with Crippen LogP contribution in [0.3, 0.4) is 0 Å². The van der Waals surface area contributed by atoms with Crippen molar-refractivity contribution in [3.8, 4) is 0 Å². The molecule has 0 aliphatic carbocycles. The van der Waals surface area contributed by atoms with Crippen LogP contribution in [-0.2, 0) is 4.79 Å². The lowest BCUT2D eigenvalue weighted by Crippen LogP contribution is -2.38. The van der Waals surface area contributed by atoms with Crippen LogP contribution in [0.4, 0.5) is 0 Å². The van der Waals surface area contributed by atoms with E-state index < -0.39 is 0 Å². The Morgan fingerprint density at radius 1 is 1.59 bits per heavy atom. The first kappa shape index (κ1) is 12.5. The third-order valence-electron chi connectivity index (χ3n) is 3.21. The molecule has 0 bridgehead atoms. The Balaban J connectivity index is 1.68. The molecular weight excluding hydrogens is 238 g/mol. The minimum Gasteiger partial charge on any atom is -0.370 e. The van der Waals surface area contributed by atoms with Crippen LogP contribution in [0, 0.1) is 0 Å². The highest BCUT2D eigenvalue weighted by atomic mass is 32.2. The smallest absolute Gasteiger partial charge is 0.233 e. The predicted octanol–water partition coefficient (Wildman–Crippen LogP) is -0.693. The van der Waals surface area contributed by atoms with Crippen LogP contribution in [0.15, 0.2) is 4.99 Å². The molecule has 1 amide bonds. The molecule has 3 atom stereocenters. The summed E-state index contributed by atoms with van der Waals surface area (Å²) in [6.07, 6.45) is 3.50. The SMILES string of the molecule is NNC(=O)CCCC[C@@H]1SC[C@@H]2NC(N)=N[C@H]21. The Morgan fingerprint density at radius 2 is 2.41 bits per heavy atom. The number of hydrazine groups is 1. The molecule has 2 aliphatic rings. The van der Waals surface area contributed by atoms with Crippen molar-refractivity contribution in [1.82, 2.24) is 10.7 Å². The van der Waals surface area contributed by atoms with Gasteiger partial charge in [-0.1, -0.05) is 6.42 Å². The van der Waals surface area contributed by atoms with Gasteiger partial charge in [-0.3, -0.25) is 10.2 Å². The summed E-state index contributed by atoms with van der Waals surface area (Å²) in [4.78, 5) is 15.4. The fourth-order valence-corrected chi connectivity index (χ4v) is 3.84. The van der Waals surface area contributed by atoms with Crippen molar-refractivity contribution in [2.75, 3.05) is 5.75 Å². The van der Waals surface area contributed by atoms with Crippen LogP contribution < -0.4 is 22.3 Å². The van der Waals surface area contributed by atoms with E-state index in [4.69, 9.17) is 11.6 Å². The Morgan fingerprint density at radius 3 is 3.18 bits per heavy atom. The van der Waals surface area contributed by atoms with Gasteiger partial charge in [0.05, 0.1) is 12.1 Å². The van der Waals surface area contributed by atoms with Gasteiger partial charge < -0.3 is 11.1 Å². The van der Waals surface area contributed by atoms with Crippen LogP contribution >= 0.6 is 11.8 Å². The first-order chi connectivity index (χ1) is 8.20.